The van der Waals surface area contributed by atoms with E-state index in [1.54, 1.807) is 12.1 Å². The van der Waals surface area contributed by atoms with Crippen molar-refractivity contribution in [1.29, 1.82) is 0 Å². The molecule has 8 heteroatoms. The molecule has 1 saturated heterocycles. The normalized spacial score (nSPS) is 21.6. The highest BCUT2D eigenvalue weighted by Gasteiger charge is 2.28. The summed E-state index contributed by atoms with van der Waals surface area (Å²) in [5.41, 5.74) is 3.46. The van der Waals surface area contributed by atoms with Gasteiger partial charge in [0.05, 0.1) is 50.3 Å². The van der Waals surface area contributed by atoms with Crippen LogP contribution in [-0.2, 0) is 21.2 Å². The van der Waals surface area contributed by atoms with Crippen LogP contribution in [0.2, 0.25) is 0 Å². The molecule has 1 fully saturated rings. The third kappa shape index (κ3) is 4.62. The van der Waals surface area contributed by atoms with E-state index in [2.05, 4.69) is 23.1 Å². The maximum absolute atomic E-state index is 13.2. The Morgan fingerprint density at radius 3 is 2.48 bits per heavy atom. The largest absolute Gasteiger partial charge is 0.633 e. The second kappa shape index (κ2) is 8.04. The van der Waals surface area contributed by atoms with Crippen LogP contribution in [0.4, 0.5) is 5.69 Å². The molecule has 0 unspecified atom stereocenters. The first-order valence-corrected chi connectivity index (χ1v) is 11.5. The first-order chi connectivity index (χ1) is 13.8. The van der Waals surface area contributed by atoms with Crippen molar-refractivity contribution in [3.05, 3.63) is 64.9 Å². The third-order valence-corrected chi connectivity index (χ3v) is 6.91. The Hall–Kier alpha value is -1.97. The van der Waals surface area contributed by atoms with Crippen LogP contribution in [0.1, 0.15) is 23.7 Å². The molecule has 0 amide bonds. The van der Waals surface area contributed by atoms with Crippen LogP contribution < -0.4 is 10.0 Å². The van der Waals surface area contributed by atoms with Crippen LogP contribution in [0.3, 0.4) is 0 Å². The summed E-state index contributed by atoms with van der Waals surface area (Å²) in [6.45, 7) is 3.54. The molecule has 1 atom stereocenters. The highest BCUT2D eigenvalue weighted by molar-refractivity contribution is 7.89. The number of sulfonamides is 1. The average Bonchev–Trinajstić information content (AvgIpc) is 2.72. The molecule has 0 bridgehead atoms. The number of anilines is 1. The van der Waals surface area contributed by atoms with Gasteiger partial charge >= 0.3 is 0 Å². The molecule has 156 valence electrons. The zero-order valence-corrected chi connectivity index (χ0v) is 17.2. The molecule has 2 heterocycles. The van der Waals surface area contributed by atoms with Crippen LogP contribution in [-0.4, -0.2) is 52.4 Å². The van der Waals surface area contributed by atoms with Crippen LogP contribution in [0.25, 0.3) is 0 Å². The molecular formula is C21H27N3O4S. The summed E-state index contributed by atoms with van der Waals surface area (Å²) in [6.07, 6.45) is 1.67. The molecule has 2 aliphatic rings. The Labute approximate surface area is 171 Å². The monoisotopic (exact) mass is 417 g/mol. The third-order valence-electron chi connectivity index (χ3n) is 5.98. The van der Waals surface area contributed by atoms with Crippen LogP contribution >= 0.6 is 0 Å². The molecule has 2 N–H and O–H groups in total. The summed E-state index contributed by atoms with van der Waals surface area (Å²) in [6, 6.07) is 14.9. The summed E-state index contributed by atoms with van der Waals surface area (Å²) >= 11 is 0. The minimum Gasteiger partial charge on any atom is -0.633 e. The lowest BCUT2D eigenvalue weighted by Gasteiger charge is -2.49. The maximum atomic E-state index is 13.2. The minimum atomic E-state index is -3.69. The number of fused-ring (bicyclic) bond motifs is 1. The number of nitrogens with two attached hydrogens (primary N) is 1. The molecule has 2 aliphatic heterocycles. The van der Waals surface area contributed by atoms with Crippen molar-refractivity contribution in [2.24, 2.45) is 5.14 Å². The second-order valence-corrected chi connectivity index (χ2v) is 9.41. The van der Waals surface area contributed by atoms with E-state index in [4.69, 9.17) is 9.88 Å². The Morgan fingerprint density at radius 1 is 1.10 bits per heavy atom. The van der Waals surface area contributed by atoms with E-state index in [-0.39, 0.29) is 15.6 Å². The molecule has 4 rings (SSSR count). The Kier molecular flexibility index (Phi) is 5.63. The van der Waals surface area contributed by atoms with Gasteiger partial charge in [0.15, 0.2) is 0 Å². The fourth-order valence-corrected chi connectivity index (χ4v) is 4.74. The lowest BCUT2D eigenvalue weighted by Crippen LogP contribution is -2.56. The lowest BCUT2D eigenvalue weighted by molar-refractivity contribution is -0.881. The van der Waals surface area contributed by atoms with Crippen molar-refractivity contribution in [3.8, 4) is 0 Å². The Balaban J connectivity index is 1.34. The van der Waals surface area contributed by atoms with Crippen molar-refractivity contribution in [2.45, 2.75) is 23.8 Å². The quantitative estimate of drug-likeness (QED) is 0.594. The van der Waals surface area contributed by atoms with Gasteiger partial charge in [0.25, 0.3) is 0 Å². The topological polar surface area (TPSA) is 95.7 Å². The smallest absolute Gasteiger partial charge is 0.238 e. The van der Waals surface area contributed by atoms with Crippen molar-refractivity contribution in [3.63, 3.8) is 0 Å². The molecule has 0 aromatic heterocycles. The first-order valence-electron chi connectivity index (χ1n) is 9.98. The van der Waals surface area contributed by atoms with Crippen LogP contribution in [0.15, 0.2) is 53.4 Å². The van der Waals surface area contributed by atoms with E-state index in [9.17, 15) is 13.6 Å². The molecule has 0 saturated carbocycles. The summed E-state index contributed by atoms with van der Waals surface area (Å²) in [7, 11) is -3.69. The van der Waals surface area contributed by atoms with Crippen molar-refractivity contribution in [1.82, 2.24) is 0 Å². The molecule has 0 aliphatic carbocycles. The van der Waals surface area contributed by atoms with Gasteiger partial charge in [-0.3, -0.25) is 0 Å². The summed E-state index contributed by atoms with van der Waals surface area (Å²) in [5.74, 6) is 0. The predicted molar refractivity (Wildman–Crippen MR) is 112 cm³/mol. The second-order valence-electron chi connectivity index (χ2n) is 7.85. The van der Waals surface area contributed by atoms with Crippen molar-refractivity contribution >= 4 is 15.7 Å². The molecule has 0 radical (unpaired) electrons. The van der Waals surface area contributed by atoms with E-state index in [1.807, 2.05) is 6.07 Å². The van der Waals surface area contributed by atoms with E-state index < -0.39 is 10.0 Å². The van der Waals surface area contributed by atoms with Gasteiger partial charge in [0.1, 0.15) is 0 Å². The van der Waals surface area contributed by atoms with Crippen molar-refractivity contribution in [2.75, 3.05) is 44.2 Å². The van der Waals surface area contributed by atoms with Crippen LogP contribution in [0.5, 0.6) is 0 Å². The summed E-state index contributed by atoms with van der Waals surface area (Å²) in [5, 5.41) is 18.3. The fourth-order valence-electron chi connectivity index (χ4n) is 4.23. The maximum Gasteiger partial charge on any atom is 0.238 e. The molecule has 2 aromatic carbocycles. The fraction of sp³-hybridized carbons (Fsp3) is 0.429. The predicted octanol–water partition coefficient (Wildman–Crippen LogP) is 2.17. The molecule has 0 spiro atoms. The van der Waals surface area contributed by atoms with Gasteiger partial charge in [-0.1, -0.05) is 24.3 Å². The average molecular weight is 418 g/mol. The summed E-state index contributed by atoms with van der Waals surface area (Å²) < 4.78 is 28.5. The van der Waals surface area contributed by atoms with Gasteiger partial charge in [-0.05, 0) is 41.8 Å². The van der Waals surface area contributed by atoms with Crippen LogP contribution in [0, 0.1) is 5.21 Å². The number of primary sulfonamides is 1. The van der Waals surface area contributed by atoms with Gasteiger partial charge < -0.3 is 19.5 Å². The lowest BCUT2D eigenvalue weighted by atomic mass is 9.95. The zero-order valence-electron chi connectivity index (χ0n) is 16.4. The van der Waals surface area contributed by atoms with Gasteiger partial charge in [-0.2, -0.15) is 0 Å². The van der Waals surface area contributed by atoms with E-state index >= 15 is 0 Å². The minimum absolute atomic E-state index is 0.00712. The number of nitrogens with zero attached hydrogens (tertiary/aromatic N) is 2. The first kappa shape index (κ1) is 20.3. The highest BCUT2D eigenvalue weighted by atomic mass is 32.2. The molecule has 29 heavy (non-hydrogen) atoms. The number of piperazine rings is 1. The molecular weight excluding hydrogens is 390 g/mol. The van der Waals surface area contributed by atoms with Gasteiger partial charge in [-0.25, -0.2) is 13.6 Å². The Morgan fingerprint density at radius 2 is 1.79 bits per heavy atom. The zero-order chi connectivity index (χ0) is 20.5. The van der Waals surface area contributed by atoms with E-state index in [0.29, 0.717) is 39.3 Å². The number of benzene rings is 2. The van der Waals surface area contributed by atoms with E-state index in [1.165, 1.54) is 23.3 Å². The van der Waals surface area contributed by atoms with Gasteiger partial charge in [0.2, 0.25) is 10.0 Å². The highest BCUT2D eigenvalue weighted by Crippen LogP contribution is 2.31. The number of ether oxygens (including phenoxy) is 1. The summed E-state index contributed by atoms with van der Waals surface area (Å²) in [4.78, 5) is 2.22. The van der Waals surface area contributed by atoms with Gasteiger partial charge in [0, 0.05) is 12.1 Å². The molecule has 7 nitrogen and oxygen atoms in total. The molecule has 2 aromatic rings. The SMILES string of the molecule is NS(=O)(=O)c1ccc(N2CC[N+]([O-])(CC[C@@H]3OCCc4ccccc43)CC2)cc1. The van der Waals surface area contributed by atoms with Gasteiger partial charge in [-0.15, -0.1) is 0 Å². The number of hydrogen-bond donors (Lipinski definition) is 1. The number of hydroxylamine groups is 3. The standard InChI is InChI=1S/C21H27N3O4S/c22-29(26,27)19-7-5-18(6-8-19)23-11-14-24(25,15-12-23)13-9-21-20-4-2-1-3-17(20)10-16-28-21/h1-8,21H,9-16H2,(H2,22,26,27)/t21-/m0/s1. The number of quaternary nitrogens is 1. The Bertz CT molecular complexity index is 954. The number of rotatable bonds is 5. The number of hydrogen-bond acceptors (Lipinski definition) is 5. The van der Waals surface area contributed by atoms with Crippen molar-refractivity contribution < 1.29 is 17.8 Å². The van der Waals surface area contributed by atoms with E-state index in [0.717, 1.165) is 18.5 Å².